The molecule has 0 unspecified atom stereocenters. The number of nitrogens with one attached hydrogen (secondary N) is 1. The molecule has 1 amide bonds. The van der Waals surface area contributed by atoms with Crippen LogP contribution in [0.3, 0.4) is 0 Å². The Kier molecular flexibility index (Phi) is 5.74. The zero-order valence-electron chi connectivity index (χ0n) is 17.3. The second kappa shape index (κ2) is 8.99. The first kappa shape index (κ1) is 21.1. The van der Waals surface area contributed by atoms with Gasteiger partial charge in [0.15, 0.2) is 5.17 Å². The molecule has 1 aromatic heterocycles. The molecule has 0 atom stereocenters. The molecule has 5 rings (SSSR count). The summed E-state index contributed by atoms with van der Waals surface area (Å²) in [6.07, 6.45) is 3.90. The molecule has 1 aliphatic heterocycles. The van der Waals surface area contributed by atoms with Gasteiger partial charge in [0.25, 0.3) is 5.91 Å². The first-order valence-corrected chi connectivity index (χ1v) is 11.4. The summed E-state index contributed by atoms with van der Waals surface area (Å²) in [5.41, 5.74) is 4.25. The van der Waals surface area contributed by atoms with Crippen LogP contribution in [0, 0.1) is 11.3 Å². The molecule has 1 fully saturated rings. The fourth-order valence-electron chi connectivity index (χ4n) is 3.76. The van der Waals surface area contributed by atoms with Gasteiger partial charge in [-0.05, 0) is 53.7 Å². The number of carbonyl (C=O) groups is 1. The Morgan fingerprint density at radius 1 is 1.09 bits per heavy atom. The molecular formula is C26H17ClN4OS. The van der Waals surface area contributed by atoms with E-state index in [9.17, 15) is 10.1 Å². The molecule has 1 saturated heterocycles. The normalized spacial score (nSPS) is 15.8. The number of aliphatic imine (C=N–C) groups is 1. The van der Waals surface area contributed by atoms with Crippen LogP contribution in [0.25, 0.3) is 17.0 Å². The molecule has 1 N–H and O–H groups in total. The number of carbonyl (C=O) groups excluding carboxylic acids is 1. The van der Waals surface area contributed by atoms with Crippen LogP contribution in [0.2, 0.25) is 5.02 Å². The summed E-state index contributed by atoms with van der Waals surface area (Å²) in [4.78, 5) is 17.7. The summed E-state index contributed by atoms with van der Waals surface area (Å²) < 4.78 is 2.11. The predicted octanol–water partition coefficient (Wildman–Crippen LogP) is 6.11. The van der Waals surface area contributed by atoms with E-state index in [1.807, 2.05) is 72.9 Å². The van der Waals surface area contributed by atoms with Gasteiger partial charge in [-0.2, -0.15) is 5.26 Å². The predicted molar refractivity (Wildman–Crippen MR) is 134 cm³/mol. The van der Waals surface area contributed by atoms with Crippen molar-refractivity contribution in [3.05, 3.63) is 106 Å². The van der Waals surface area contributed by atoms with Crippen molar-refractivity contribution in [1.82, 2.24) is 9.88 Å². The van der Waals surface area contributed by atoms with Crippen LogP contribution in [0.15, 0.2) is 88.9 Å². The van der Waals surface area contributed by atoms with Crippen molar-refractivity contribution >= 4 is 57.1 Å². The maximum atomic E-state index is 12.6. The Balaban J connectivity index is 1.49. The number of benzene rings is 3. The maximum absolute atomic E-state index is 12.6. The Labute approximate surface area is 200 Å². The number of thioether (sulfide) groups is 1. The lowest BCUT2D eigenvalue weighted by atomic mass is 10.1. The van der Waals surface area contributed by atoms with Crippen LogP contribution < -0.4 is 5.32 Å². The second-order valence-corrected chi connectivity index (χ2v) is 8.93. The summed E-state index contributed by atoms with van der Waals surface area (Å²) in [6.45, 7) is 0.564. The molecule has 7 heteroatoms. The van der Waals surface area contributed by atoms with Crippen LogP contribution in [-0.4, -0.2) is 15.6 Å². The molecule has 3 aromatic carbocycles. The van der Waals surface area contributed by atoms with Crippen LogP contribution in [0.1, 0.15) is 16.7 Å². The molecule has 160 valence electrons. The number of fused-ring (bicyclic) bond motifs is 1. The first-order valence-electron chi connectivity index (χ1n) is 10.2. The number of amidine groups is 1. The Bertz CT molecular complexity index is 1500. The number of nitriles is 1. The highest BCUT2D eigenvalue weighted by Crippen LogP contribution is 2.31. The van der Waals surface area contributed by atoms with Crippen molar-refractivity contribution in [2.75, 3.05) is 0 Å². The quantitative estimate of drug-likeness (QED) is 0.367. The van der Waals surface area contributed by atoms with E-state index >= 15 is 0 Å². The van der Waals surface area contributed by atoms with Crippen LogP contribution in [-0.2, 0) is 11.3 Å². The number of halogens is 1. The van der Waals surface area contributed by atoms with E-state index in [-0.39, 0.29) is 5.91 Å². The first-order chi connectivity index (χ1) is 16.1. The Morgan fingerprint density at radius 2 is 1.91 bits per heavy atom. The molecule has 0 aliphatic carbocycles. The topological polar surface area (TPSA) is 70.2 Å². The number of hydrogen-bond donors (Lipinski definition) is 1. The molecule has 0 bridgehead atoms. The summed E-state index contributed by atoms with van der Waals surface area (Å²) in [5, 5.41) is 14.4. The number of aromatic nitrogens is 1. The van der Waals surface area contributed by atoms with E-state index in [2.05, 4.69) is 20.9 Å². The molecule has 2 heterocycles. The highest BCUT2D eigenvalue weighted by molar-refractivity contribution is 8.18. The molecule has 0 saturated carbocycles. The summed E-state index contributed by atoms with van der Waals surface area (Å²) in [6, 6.07) is 25.1. The third kappa shape index (κ3) is 4.42. The smallest absolute Gasteiger partial charge is 0.264 e. The zero-order valence-corrected chi connectivity index (χ0v) is 18.9. The monoisotopic (exact) mass is 468 g/mol. The number of rotatable bonds is 4. The number of para-hydroxylation sites is 1. The van der Waals surface area contributed by atoms with Gasteiger partial charge in [0, 0.05) is 34.2 Å². The van der Waals surface area contributed by atoms with Gasteiger partial charge < -0.3 is 9.88 Å². The van der Waals surface area contributed by atoms with Crippen LogP contribution in [0.5, 0.6) is 0 Å². The average molecular weight is 469 g/mol. The molecule has 5 nitrogen and oxygen atoms in total. The van der Waals surface area contributed by atoms with Gasteiger partial charge in [0.2, 0.25) is 0 Å². The largest absolute Gasteiger partial charge is 0.342 e. The minimum Gasteiger partial charge on any atom is -0.342 e. The summed E-state index contributed by atoms with van der Waals surface area (Å²) in [7, 11) is 0. The SMILES string of the molecule is N#Cc1ccccc1Cn1cc(/C=C2\SC(=Nc3cccc(Cl)c3)NC2=O)c2ccccc21. The summed E-state index contributed by atoms with van der Waals surface area (Å²) in [5.74, 6) is -0.188. The van der Waals surface area contributed by atoms with E-state index in [1.165, 1.54) is 11.8 Å². The van der Waals surface area contributed by atoms with Crippen molar-refractivity contribution in [1.29, 1.82) is 5.26 Å². The fourth-order valence-corrected chi connectivity index (χ4v) is 4.77. The van der Waals surface area contributed by atoms with Crippen LogP contribution in [0.4, 0.5) is 5.69 Å². The second-order valence-electron chi connectivity index (χ2n) is 7.46. The van der Waals surface area contributed by atoms with E-state index < -0.39 is 0 Å². The molecule has 0 spiro atoms. The lowest BCUT2D eigenvalue weighted by Gasteiger charge is -2.07. The Morgan fingerprint density at radius 3 is 2.76 bits per heavy atom. The number of hydrogen-bond acceptors (Lipinski definition) is 4. The minimum atomic E-state index is -0.188. The van der Waals surface area contributed by atoms with Gasteiger partial charge in [-0.15, -0.1) is 0 Å². The van der Waals surface area contributed by atoms with Crippen molar-refractivity contribution in [3.8, 4) is 6.07 Å². The maximum Gasteiger partial charge on any atom is 0.264 e. The average Bonchev–Trinajstić information content (AvgIpc) is 3.34. The number of amides is 1. The van der Waals surface area contributed by atoms with Crippen molar-refractivity contribution in [2.45, 2.75) is 6.54 Å². The Hall–Kier alpha value is -3.79. The van der Waals surface area contributed by atoms with Gasteiger partial charge in [-0.25, -0.2) is 4.99 Å². The molecule has 1 aliphatic rings. The van der Waals surface area contributed by atoms with Gasteiger partial charge in [-0.1, -0.05) is 54.1 Å². The van der Waals surface area contributed by atoms with E-state index in [4.69, 9.17) is 11.6 Å². The molecule has 4 aromatic rings. The standard InChI is InChI=1S/C26H17ClN4OS/c27-20-8-5-9-21(13-20)29-26-30-25(32)24(33-26)12-19-16-31(23-11-4-3-10-22(19)23)15-18-7-2-1-6-17(18)14-28/h1-13,16H,15H2,(H,29,30,32)/b24-12-. The third-order valence-electron chi connectivity index (χ3n) is 5.27. The number of nitrogens with zero attached hydrogens (tertiary/aromatic N) is 3. The third-order valence-corrected chi connectivity index (χ3v) is 6.42. The zero-order chi connectivity index (χ0) is 22.8. The molecular weight excluding hydrogens is 452 g/mol. The van der Waals surface area contributed by atoms with Gasteiger partial charge >= 0.3 is 0 Å². The fraction of sp³-hybridized carbons (Fsp3) is 0.0385. The van der Waals surface area contributed by atoms with Gasteiger partial charge in [-0.3, -0.25) is 4.79 Å². The van der Waals surface area contributed by atoms with Crippen molar-refractivity contribution in [3.63, 3.8) is 0 Å². The van der Waals surface area contributed by atoms with Crippen molar-refractivity contribution in [2.24, 2.45) is 4.99 Å². The van der Waals surface area contributed by atoms with E-state index in [0.29, 0.717) is 32.9 Å². The lowest BCUT2D eigenvalue weighted by molar-refractivity contribution is -0.115. The summed E-state index contributed by atoms with van der Waals surface area (Å²) >= 11 is 7.33. The van der Waals surface area contributed by atoms with Crippen LogP contribution >= 0.6 is 23.4 Å². The van der Waals surface area contributed by atoms with Crippen molar-refractivity contribution < 1.29 is 4.79 Å². The molecule has 0 radical (unpaired) electrons. The van der Waals surface area contributed by atoms with E-state index in [1.54, 1.807) is 12.1 Å². The highest BCUT2D eigenvalue weighted by atomic mass is 35.5. The van der Waals surface area contributed by atoms with Gasteiger partial charge in [0.1, 0.15) is 0 Å². The minimum absolute atomic E-state index is 0.188. The van der Waals surface area contributed by atoms with E-state index in [0.717, 1.165) is 22.0 Å². The molecule has 33 heavy (non-hydrogen) atoms. The highest BCUT2D eigenvalue weighted by Gasteiger charge is 2.24. The van der Waals surface area contributed by atoms with Gasteiger partial charge in [0.05, 0.1) is 22.2 Å². The lowest BCUT2D eigenvalue weighted by Crippen LogP contribution is -2.19.